The molecule has 0 amide bonds. The number of ether oxygens (including phenoxy) is 1. The molecule has 3 rings (SSSR count). The zero-order valence-electron chi connectivity index (χ0n) is 13.3. The Labute approximate surface area is 137 Å². The van der Waals surface area contributed by atoms with Crippen molar-refractivity contribution in [2.24, 2.45) is 0 Å². The fraction of sp³-hybridized carbons (Fsp3) is 0.0909. The lowest BCUT2D eigenvalue weighted by Crippen LogP contribution is -1.91. The molecular weight excluding hydrogens is 280 g/mol. The topological polar surface area (TPSA) is 9.23 Å². The molecule has 0 aliphatic heterocycles. The fourth-order valence-electron chi connectivity index (χ4n) is 2.77. The molecular formula is C22H20O. The highest BCUT2D eigenvalue weighted by Gasteiger charge is 2.05. The average Bonchev–Trinajstić information content (AvgIpc) is 2.63. The Bertz CT molecular complexity index is 786. The van der Waals surface area contributed by atoms with Gasteiger partial charge in [-0.05, 0) is 39.4 Å². The zero-order valence-corrected chi connectivity index (χ0v) is 13.3. The van der Waals surface area contributed by atoms with E-state index in [0.29, 0.717) is 6.61 Å². The maximum atomic E-state index is 5.20. The number of hydrogen-bond donors (Lipinski definition) is 0. The molecule has 3 aromatic carbocycles. The van der Waals surface area contributed by atoms with Crippen LogP contribution in [0.4, 0.5) is 0 Å². The maximum Gasteiger partial charge on any atom is 0.0713 e. The van der Waals surface area contributed by atoms with Gasteiger partial charge in [-0.25, -0.2) is 0 Å². The molecule has 0 saturated carbocycles. The van der Waals surface area contributed by atoms with Crippen LogP contribution in [0.25, 0.3) is 28.3 Å². The number of rotatable bonds is 5. The summed E-state index contributed by atoms with van der Waals surface area (Å²) in [6.45, 7) is 4.56. The first-order chi connectivity index (χ1) is 11.3. The zero-order chi connectivity index (χ0) is 16.1. The van der Waals surface area contributed by atoms with E-state index in [9.17, 15) is 0 Å². The highest BCUT2D eigenvalue weighted by atomic mass is 16.5. The first kappa shape index (κ1) is 15.3. The van der Waals surface area contributed by atoms with E-state index in [4.69, 9.17) is 4.74 Å². The molecule has 0 bridgehead atoms. The second-order valence-corrected chi connectivity index (χ2v) is 5.50. The Morgan fingerprint density at radius 2 is 1.48 bits per heavy atom. The highest BCUT2D eigenvalue weighted by Crippen LogP contribution is 2.28. The summed E-state index contributed by atoms with van der Waals surface area (Å²) in [6.07, 6.45) is 1.90. The van der Waals surface area contributed by atoms with Crippen LogP contribution < -0.4 is 0 Å². The summed E-state index contributed by atoms with van der Waals surface area (Å²) < 4.78 is 5.20. The minimum absolute atomic E-state index is 0.619. The van der Waals surface area contributed by atoms with E-state index in [1.807, 2.05) is 12.1 Å². The molecule has 23 heavy (non-hydrogen) atoms. The van der Waals surface area contributed by atoms with Gasteiger partial charge in [-0.15, -0.1) is 0 Å². The Morgan fingerprint density at radius 1 is 0.826 bits per heavy atom. The van der Waals surface area contributed by atoms with E-state index in [2.05, 4.69) is 73.3 Å². The largest absolute Gasteiger partial charge is 0.380 e. The van der Waals surface area contributed by atoms with E-state index in [1.54, 1.807) is 7.11 Å². The fourth-order valence-corrected chi connectivity index (χ4v) is 2.77. The minimum Gasteiger partial charge on any atom is -0.380 e. The molecule has 1 heteroatoms. The number of methoxy groups -OCH3 is 1. The van der Waals surface area contributed by atoms with E-state index < -0.39 is 0 Å². The summed E-state index contributed by atoms with van der Waals surface area (Å²) in [5.74, 6) is 0. The summed E-state index contributed by atoms with van der Waals surface area (Å²) in [4.78, 5) is 0. The van der Waals surface area contributed by atoms with E-state index in [1.165, 1.54) is 22.3 Å². The summed E-state index contributed by atoms with van der Waals surface area (Å²) in [6, 6.07) is 25.5. The van der Waals surface area contributed by atoms with Crippen molar-refractivity contribution in [2.45, 2.75) is 6.61 Å². The van der Waals surface area contributed by atoms with Gasteiger partial charge in [-0.2, -0.15) is 0 Å². The second kappa shape index (κ2) is 7.08. The van der Waals surface area contributed by atoms with Gasteiger partial charge in [0.1, 0.15) is 0 Å². The predicted octanol–water partition coefficient (Wildman–Crippen LogP) is 5.81. The first-order valence-corrected chi connectivity index (χ1v) is 7.72. The van der Waals surface area contributed by atoms with Crippen molar-refractivity contribution < 1.29 is 4.74 Å². The quantitative estimate of drug-likeness (QED) is 0.577. The van der Waals surface area contributed by atoms with Crippen LogP contribution in [-0.4, -0.2) is 7.11 Å². The van der Waals surface area contributed by atoms with Crippen molar-refractivity contribution >= 4 is 6.08 Å². The second-order valence-electron chi connectivity index (χ2n) is 5.50. The molecule has 0 aromatic heterocycles. The van der Waals surface area contributed by atoms with Crippen molar-refractivity contribution in [1.82, 2.24) is 0 Å². The van der Waals surface area contributed by atoms with Crippen LogP contribution in [0.15, 0.2) is 79.4 Å². The maximum absolute atomic E-state index is 5.20. The molecule has 0 aliphatic carbocycles. The minimum atomic E-state index is 0.619. The number of hydrogen-bond acceptors (Lipinski definition) is 1. The molecule has 0 radical (unpaired) electrons. The van der Waals surface area contributed by atoms with Gasteiger partial charge in [0.2, 0.25) is 0 Å². The van der Waals surface area contributed by atoms with Crippen LogP contribution >= 0.6 is 0 Å². The van der Waals surface area contributed by atoms with Crippen molar-refractivity contribution in [3.05, 3.63) is 90.5 Å². The molecule has 0 N–H and O–H groups in total. The molecule has 0 saturated heterocycles. The molecule has 114 valence electrons. The van der Waals surface area contributed by atoms with Gasteiger partial charge in [-0.3, -0.25) is 0 Å². The lowest BCUT2D eigenvalue weighted by molar-refractivity contribution is 0.185. The van der Waals surface area contributed by atoms with Crippen molar-refractivity contribution in [1.29, 1.82) is 0 Å². The third kappa shape index (κ3) is 3.41. The van der Waals surface area contributed by atoms with Crippen LogP contribution in [-0.2, 0) is 11.3 Å². The number of benzene rings is 3. The monoisotopic (exact) mass is 300 g/mol. The van der Waals surface area contributed by atoms with Crippen molar-refractivity contribution in [3.63, 3.8) is 0 Å². The van der Waals surface area contributed by atoms with Gasteiger partial charge < -0.3 is 4.74 Å². The highest BCUT2D eigenvalue weighted by molar-refractivity contribution is 5.77. The molecule has 0 unspecified atom stereocenters. The molecule has 0 spiro atoms. The lowest BCUT2D eigenvalue weighted by Gasteiger charge is -2.10. The molecule has 1 nitrogen and oxygen atoms in total. The van der Waals surface area contributed by atoms with Crippen molar-refractivity contribution in [3.8, 4) is 22.3 Å². The van der Waals surface area contributed by atoms with Crippen LogP contribution in [0.5, 0.6) is 0 Å². The van der Waals surface area contributed by atoms with Crippen LogP contribution in [0.2, 0.25) is 0 Å². The molecule has 0 fully saturated rings. The summed E-state index contributed by atoms with van der Waals surface area (Å²) in [5.41, 5.74) is 7.14. The van der Waals surface area contributed by atoms with Crippen LogP contribution in [0.1, 0.15) is 11.1 Å². The standard InChI is InChI=1S/C22H20O/c1-3-18-15-17(16-23-2)9-14-22(18)21-12-10-20(11-13-21)19-7-5-4-6-8-19/h3-15H,1,16H2,2H3. The Morgan fingerprint density at radius 3 is 2.13 bits per heavy atom. The normalized spacial score (nSPS) is 10.5. The Hall–Kier alpha value is -2.64. The predicted molar refractivity (Wildman–Crippen MR) is 98.1 cm³/mol. The van der Waals surface area contributed by atoms with Gasteiger partial charge >= 0.3 is 0 Å². The molecule has 3 aromatic rings. The molecule has 0 aliphatic rings. The van der Waals surface area contributed by atoms with Crippen LogP contribution in [0, 0.1) is 0 Å². The average molecular weight is 300 g/mol. The summed E-state index contributed by atoms with van der Waals surface area (Å²) in [7, 11) is 1.71. The molecule has 0 atom stereocenters. The summed E-state index contributed by atoms with van der Waals surface area (Å²) >= 11 is 0. The van der Waals surface area contributed by atoms with Gasteiger partial charge in [-0.1, -0.05) is 79.4 Å². The van der Waals surface area contributed by atoms with Crippen LogP contribution in [0.3, 0.4) is 0 Å². The van der Waals surface area contributed by atoms with E-state index in [0.717, 1.165) is 11.1 Å². The molecule has 0 heterocycles. The SMILES string of the molecule is C=Cc1cc(COC)ccc1-c1ccc(-c2ccccc2)cc1. The smallest absolute Gasteiger partial charge is 0.0713 e. The van der Waals surface area contributed by atoms with Gasteiger partial charge in [0.15, 0.2) is 0 Å². The van der Waals surface area contributed by atoms with Gasteiger partial charge in [0.25, 0.3) is 0 Å². The van der Waals surface area contributed by atoms with Crippen molar-refractivity contribution in [2.75, 3.05) is 7.11 Å². The third-order valence-corrected chi connectivity index (χ3v) is 3.95. The van der Waals surface area contributed by atoms with Gasteiger partial charge in [0.05, 0.1) is 6.61 Å². The summed E-state index contributed by atoms with van der Waals surface area (Å²) in [5, 5.41) is 0. The van der Waals surface area contributed by atoms with E-state index >= 15 is 0 Å². The van der Waals surface area contributed by atoms with E-state index in [-0.39, 0.29) is 0 Å². The lowest BCUT2D eigenvalue weighted by atomic mass is 9.95. The Kier molecular flexibility index (Phi) is 4.70. The van der Waals surface area contributed by atoms with Gasteiger partial charge in [0, 0.05) is 7.11 Å². The third-order valence-electron chi connectivity index (χ3n) is 3.95. The Balaban J connectivity index is 1.94. The first-order valence-electron chi connectivity index (χ1n) is 7.72.